The summed E-state index contributed by atoms with van der Waals surface area (Å²) in [6.45, 7) is 2.06. The standard InChI is InChI=1S/C10H16N2/c1-8(7-11)10-5-2-3-9(12-10)4-6-10/h8-9,12H,2-6H2,1H3. The Morgan fingerprint density at radius 2 is 2.33 bits per heavy atom. The Kier molecular flexibility index (Phi) is 1.84. The highest BCUT2D eigenvalue weighted by molar-refractivity contribution is 5.09. The molecular formula is C10H16N2. The lowest BCUT2D eigenvalue weighted by Gasteiger charge is -2.36. The molecule has 2 rings (SSSR count). The zero-order valence-electron chi connectivity index (χ0n) is 7.64. The Bertz CT molecular complexity index is 214. The first kappa shape index (κ1) is 8.07. The van der Waals surface area contributed by atoms with Crippen LogP contribution in [0.25, 0.3) is 0 Å². The molecule has 2 aliphatic rings. The summed E-state index contributed by atoms with van der Waals surface area (Å²) in [4.78, 5) is 0. The second-order valence-electron chi connectivity index (χ2n) is 4.28. The summed E-state index contributed by atoms with van der Waals surface area (Å²) < 4.78 is 0. The number of rotatable bonds is 1. The molecule has 0 aromatic heterocycles. The summed E-state index contributed by atoms with van der Waals surface area (Å²) in [5.74, 6) is 0.183. The molecule has 66 valence electrons. The van der Waals surface area contributed by atoms with Gasteiger partial charge in [0, 0.05) is 11.6 Å². The zero-order valence-corrected chi connectivity index (χ0v) is 7.64. The van der Waals surface area contributed by atoms with Crippen LogP contribution in [-0.2, 0) is 0 Å². The summed E-state index contributed by atoms with van der Waals surface area (Å²) in [6, 6.07) is 3.11. The van der Waals surface area contributed by atoms with Crippen molar-refractivity contribution in [3.05, 3.63) is 0 Å². The largest absolute Gasteiger partial charge is 0.307 e. The van der Waals surface area contributed by atoms with E-state index in [0.29, 0.717) is 0 Å². The van der Waals surface area contributed by atoms with E-state index < -0.39 is 0 Å². The van der Waals surface area contributed by atoms with E-state index in [1.165, 1.54) is 32.1 Å². The molecular weight excluding hydrogens is 148 g/mol. The van der Waals surface area contributed by atoms with Gasteiger partial charge in [-0.1, -0.05) is 6.42 Å². The van der Waals surface area contributed by atoms with Gasteiger partial charge >= 0.3 is 0 Å². The Balaban J connectivity index is 2.16. The van der Waals surface area contributed by atoms with Crippen molar-refractivity contribution in [3.8, 4) is 6.07 Å². The SMILES string of the molecule is CC(C#N)C12CCCC(CC1)N2. The van der Waals surface area contributed by atoms with E-state index in [2.05, 4.69) is 18.3 Å². The van der Waals surface area contributed by atoms with Gasteiger partial charge in [0.2, 0.25) is 0 Å². The van der Waals surface area contributed by atoms with E-state index in [-0.39, 0.29) is 11.5 Å². The first-order valence-corrected chi connectivity index (χ1v) is 4.94. The molecule has 2 aliphatic heterocycles. The van der Waals surface area contributed by atoms with Crippen LogP contribution in [0, 0.1) is 17.2 Å². The number of hydrogen-bond acceptors (Lipinski definition) is 2. The Morgan fingerprint density at radius 1 is 1.50 bits per heavy atom. The number of nitrogens with zero attached hydrogens (tertiary/aromatic N) is 1. The summed E-state index contributed by atoms with van der Waals surface area (Å²) in [7, 11) is 0. The van der Waals surface area contributed by atoms with Gasteiger partial charge in [-0.05, 0) is 32.6 Å². The minimum Gasteiger partial charge on any atom is -0.307 e. The molecule has 2 bridgehead atoms. The van der Waals surface area contributed by atoms with Crippen molar-refractivity contribution in [2.75, 3.05) is 0 Å². The van der Waals surface area contributed by atoms with Crippen molar-refractivity contribution in [2.45, 2.75) is 50.6 Å². The van der Waals surface area contributed by atoms with Gasteiger partial charge in [-0.3, -0.25) is 0 Å². The maximum absolute atomic E-state index is 8.91. The van der Waals surface area contributed by atoms with Crippen molar-refractivity contribution in [1.29, 1.82) is 5.26 Å². The Hall–Kier alpha value is -0.550. The van der Waals surface area contributed by atoms with Gasteiger partial charge < -0.3 is 5.32 Å². The number of fused-ring (bicyclic) bond motifs is 2. The van der Waals surface area contributed by atoms with Crippen LogP contribution in [-0.4, -0.2) is 11.6 Å². The molecule has 3 unspecified atom stereocenters. The molecule has 2 heteroatoms. The monoisotopic (exact) mass is 164 g/mol. The molecule has 0 amide bonds. The minimum absolute atomic E-state index is 0.183. The zero-order chi connectivity index (χ0) is 8.60. The molecule has 2 fully saturated rings. The molecule has 2 heterocycles. The number of piperidine rings is 1. The third kappa shape index (κ3) is 1.04. The quantitative estimate of drug-likeness (QED) is 0.641. The Morgan fingerprint density at radius 3 is 3.08 bits per heavy atom. The normalized spacial score (nSPS) is 42.2. The van der Waals surface area contributed by atoms with Crippen LogP contribution in [0.3, 0.4) is 0 Å². The van der Waals surface area contributed by atoms with Crippen LogP contribution >= 0.6 is 0 Å². The highest BCUT2D eigenvalue weighted by Gasteiger charge is 2.44. The highest BCUT2D eigenvalue weighted by Crippen LogP contribution is 2.40. The summed E-state index contributed by atoms with van der Waals surface area (Å²) in [6.07, 6.45) is 6.33. The second-order valence-corrected chi connectivity index (χ2v) is 4.28. The van der Waals surface area contributed by atoms with Crippen molar-refractivity contribution in [1.82, 2.24) is 5.32 Å². The molecule has 0 saturated carbocycles. The van der Waals surface area contributed by atoms with Gasteiger partial charge in [-0.25, -0.2) is 0 Å². The van der Waals surface area contributed by atoms with Gasteiger partial charge in [-0.15, -0.1) is 0 Å². The van der Waals surface area contributed by atoms with Crippen molar-refractivity contribution in [2.24, 2.45) is 5.92 Å². The lowest BCUT2D eigenvalue weighted by Crippen LogP contribution is -2.50. The fraction of sp³-hybridized carbons (Fsp3) is 0.900. The average Bonchev–Trinajstić information content (AvgIpc) is 2.42. The molecule has 1 N–H and O–H groups in total. The highest BCUT2D eigenvalue weighted by atomic mass is 15.1. The van der Waals surface area contributed by atoms with Crippen LogP contribution < -0.4 is 5.32 Å². The minimum atomic E-state index is 0.183. The number of nitrogens with one attached hydrogen (secondary N) is 1. The van der Waals surface area contributed by atoms with Gasteiger partial charge in [0.25, 0.3) is 0 Å². The van der Waals surface area contributed by atoms with Gasteiger partial charge in [0.1, 0.15) is 0 Å². The summed E-state index contributed by atoms with van der Waals surface area (Å²) >= 11 is 0. The molecule has 0 aliphatic carbocycles. The summed E-state index contributed by atoms with van der Waals surface area (Å²) in [5, 5.41) is 12.5. The topological polar surface area (TPSA) is 35.8 Å². The lowest BCUT2D eigenvalue weighted by atomic mass is 9.80. The van der Waals surface area contributed by atoms with E-state index in [1.54, 1.807) is 0 Å². The lowest BCUT2D eigenvalue weighted by molar-refractivity contribution is 0.227. The van der Waals surface area contributed by atoms with Crippen molar-refractivity contribution < 1.29 is 0 Å². The van der Waals surface area contributed by atoms with E-state index in [9.17, 15) is 0 Å². The number of nitriles is 1. The molecule has 0 aromatic carbocycles. The third-order valence-electron chi connectivity index (χ3n) is 3.63. The van der Waals surface area contributed by atoms with Crippen molar-refractivity contribution >= 4 is 0 Å². The van der Waals surface area contributed by atoms with Gasteiger partial charge in [0.15, 0.2) is 0 Å². The molecule has 12 heavy (non-hydrogen) atoms. The molecule has 2 nitrogen and oxygen atoms in total. The molecule has 0 aromatic rings. The van der Waals surface area contributed by atoms with E-state index in [4.69, 9.17) is 5.26 Å². The second kappa shape index (κ2) is 2.74. The predicted octanol–water partition coefficient (Wildman–Crippen LogP) is 1.82. The first-order valence-electron chi connectivity index (χ1n) is 4.94. The summed E-state index contributed by atoms with van der Waals surface area (Å²) in [5.41, 5.74) is 0.192. The first-order chi connectivity index (χ1) is 5.77. The van der Waals surface area contributed by atoms with Gasteiger partial charge in [-0.2, -0.15) is 5.26 Å². The van der Waals surface area contributed by atoms with E-state index in [0.717, 1.165) is 6.04 Å². The van der Waals surface area contributed by atoms with E-state index >= 15 is 0 Å². The van der Waals surface area contributed by atoms with Crippen LogP contribution in [0.5, 0.6) is 0 Å². The van der Waals surface area contributed by atoms with Gasteiger partial charge in [0.05, 0.1) is 12.0 Å². The fourth-order valence-corrected chi connectivity index (χ4v) is 2.74. The molecule has 0 spiro atoms. The smallest absolute Gasteiger partial charge is 0.0672 e. The fourth-order valence-electron chi connectivity index (χ4n) is 2.74. The van der Waals surface area contributed by atoms with Crippen LogP contribution in [0.4, 0.5) is 0 Å². The molecule has 0 radical (unpaired) electrons. The molecule has 3 atom stereocenters. The van der Waals surface area contributed by atoms with Crippen LogP contribution in [0.2, 0.25) is 0 Å². The number of hydrogen-bond donors (Lipinski definition) is 1. The van der Waals surface area contributed by atoms with Crippen LogP contribution in [0.1, 0.15) is 39.0 Å². The predicted molar refractivity (Wildman–Crippen MR) is 47.5 cm³/mol. The maximum Gasteiger partial charge on any atom is 0.0672 e. The molecule has 2 saturated heterocycles. The Labute approximate surface area is 74.0 Å². The third-order valence-corrected chi connectivity index (χ3v) is 3.63. The average molecular weight is 164 g/mol. The van der Waals surface area contributed by atoms with E-state index in [1.807, 2.05) is 0 Å². The van der Waals surface area contributed by atoms with Crippen molar-refractivity contribution in [3.63, 3.8) is 0 Å². The van der Waals surface area contributed by atoms with Crippen LogP contribution in [0.15, 0.2) is 0 Å². The maximum atomic E-state index is 8.91.